The number of hydrogen-bond donors (Lipinski definition) is 1. The van der Waals surface area contributed by atoms with Crippen molar-refractivity contribution in [1.29, 1.82) is 0 Å². The molecule has 3 nitrogen and oxygen atoms in total. The summed E-state index contributed by atoms with van der Waals surface area (Å²) in [6, 6.07) is 19.9. The molecule has 0 aliphatic heterocycles. The molecule has 1 atom stereocenters. The molecule has 0 bridgehead atoms. The summed E-state index contributed by atoms with van der Waals surface area (Å²) in [6.07, 6.45) is 0.535. The number of nitrogens with zero attached hydrogens (tertiary/aromatic N) is 1. The van der Waals surface area contributed by atoms with Crippen LogP contribution in [0.4, 0.5) is 0 Å². The topological polar surface area (TPSA) is 46.3 Å². The normalized spacial score (nSPS) is 12.0. The lowest BCUT2D eigenvalue weighted by Gasteiger charge is -2.30. The highest BCUT2D eigenvalue weighted by Gasteiger charge is 2.28. The van der Waals surface area contributed by atoms with Crippen LogP contribution in [0.25, 0.3) is 0 Å². The first kappa shape index (κ1) is 18.1. The molecular formula is C20H24N2OS. The van der Waals surface area contributed by atoms with Gasteiger partial charge in [0, 0.05) is 12.6 Å². The summed E-state index contributed by atoms with van der Waals surface area (Å²) in [5.74, 6) is -0.487. The summed E-state index contributed by atoms with van der Waals surface area (Å²) in [7, 11) is 0. The Balaban J connectivity index is 2.20. The Hall–Kier alpha value is -2.20. The zero-order chi connectivity index (χ0) is 17.5. The van der Waals surface area contributed by atoms with Crippen LogP contribution in [-0.2, 0) is 17.8 Å². The van der Waals surface area contributed by atoms with E-state index < -0.39 is 5.92 Å². The Labute approximate surface area is 149 Å². The maximum absolute atomic E-state index is 13.1. The largest absolute Gasteiger partial charge is 0.393 e. The minimum absolute atomic E-state index is 0.00907. The van der Waals surface area contributed by atoms with Crippen molar-refractivity contribution in [3.8, 4) is 0 Å². The maximum Gasteiger partial charge on any atom is 0.233 e. The molecule has 0 radical (unpaired) electrons. The van der Waals surface area contributed by atoms with E-state index in [-0.39, 0.29) is 16.9 Å². The second kappa shape index (κ2) is 8.60. The van der Waals surface area contributed by atoms with Crippen molar-refractivity contribution in [1.82, 2.24) is 4.90 Å². The number of rotatable bonds is 7. The van der Waals surface area contributed by atoms with Gasteiger partial charge in [-0.25, -0.2) is 0 Å². The van der Waals surface area contributed by atoms with Crippen LogP contribution >= 0.6 is 12.2 Å². The fourth-order valence-corrected chi connectivity index (χ4v) is 2.84. The predicted octanol–water partition coefficient (Wildman–Crippen LogP) is 3.57. The van der Waals surface area contributed by atoms with E-state index in [4.69, 9.17) is 18.0 Å². The molecule has 2 aromatic carbocycles. The molecule has 126 valence electrons. The molecule has 0 aliphatic carbocycles. The fourth-order valence-electron chi connectivity index (χ4n) is 2.65. The first-order chi connectivity index (χ1) is 11.5. The maximum atomic E-state index is 13.1. The number of hydrogen-bond acceptors (Lipinski definition) is 2. The van der Waals surface area contributed by atoms with E-state index in [9.17, 15) is 4.79 Å². The molecule has 0 aliphatic rings. The van der Waals surface area contributed by atoms with E-state index >= 15 is 0 Å². The summed E-state index contributed by atoms with van der Waals surface area (Å²) >= 11 is 5.19. The third-order valence-electron chi connectivity index (χ3n) is 4.03. The van der Waals surface area contributed by atoms with Crippen LogP contribution in [-0.4, -0.2) is 21.8 Å². The van der Waals surface area contributed by atoms with Crippen LogP contribution in [0.5, 0.6) is 0 Å². The van der Waals surface area contributed by atoms with E-state index in [1.54, 1.807) is 0 Å². The van der Waals surface area contributed by atoms with Gasteiger partial charge in [-0.05, 0) is 31.4 Å². The smallest absolute Gasteiger partial charge is 0.233 e. The highest BCUT2D eigenvalue weighted by molar-refractivity contribution is 7.80. The molecule has 24 heavy (non-hydrogen) atoms. The monoisotopic (exact) mass is 340 g/mol. The van der Waals surface area contributed by atoms with Crippen LogP contribution in [0.15, 0.2) is 60.7 Å². The Bertz CT molecular complexity index is 671. The minimum Gasteiger partial charge on any atom is -0.393 e. The molecule has 0 heterocycles. The van der Waals surface area contributed by atoms with Gasteiger partial charge in [-0.2, -0.15) is 0 Å². The second-order valence-electron chi connectivity index (χ2n) is 6.19. The Morgan fingerprint density at radius 1 is 1.00 bits per heavy atom. The lowest BCUT2D eigenvalue weighted by atomic mass is 9.97. The summed E-state index contributed by atoms with van der Waals surface area (Å²) < 4.78 is 0. The number of amides is 1. The molecule has 2 N–H and O–H groups in total. The molecule has 1 amide bonds. The molecule has 0 saturated carbocycles. The van der Waals surface area contributed by atoms with Gasteiger partial charge >= 0.3 is 0 Å². The molecule has 1 unspecified atom stereocenters. The van der Waals surface area contributed by atoms with Gasteiger partial charge in [0.1, 0.15) is 0 Å². The summed E-state index contributed by atoms with van der Waals surface area (Å²) in [5, 5.41) is 0. The highest BCUT2D eigenvalue weighted by atomic mass is 32.1. The van der Waals surface area contributed by atoms with Crippen LogP contribution < -0.4 is 5.73 Å². The molecular weight excluding hydrogens is 316 g/mol. The summed E-state index contributed by atoms with van der Waals surface area (Å²) in [6.45, 7) is 4.59. The lowest BCUT2D eigenvalue weighted by Crippen LogP contribution is -2.45. The average Bonchev–Trinajstić information content (AvgIpc) is 2.58. The molecule has 0 spiro atoms. The van der Waals surface area contributed by atoms with Gasteiger partial charge in [-0.1, -0.05) is 72.9 Å². The zero-order valence-corrected chi connectivity index (χ0v) is 15.0. The SMILES string of the molecule is CC(C)N(Cc1ccccc1)C(=O)C(Cc1ccccc1)C(N)=S. The van der Waals surface area contributed by atoms with Crippen molar-refractivity contribution in [3.63, 3.8) is 0 Å². The van der Waals surface area contributed by atoms with E-state index in [2.05, 4.69) is 0 Å². The number of carbonyl (C=O) groups excluding carboxylic acids is 1. The second-order valence-corrected chi connectivity index (χ2v) is 6.66. The predicted molar refractivity (Wildman–Crippen MR) is 103 cm³/mol. The van der Waals surface area contributed by atoms with Gasteiger partial charge in [0.05, 0.1) is 10.9 Å². The van der Waals surface area contributed by atoms with Gasteiger partial charge in [0.25, 0.3) is 0 Å². The van der Waals surface area contributed by atoms with Crippen LogP contribution in [0.2, 0.25) is 0 Å². The molecule has 0 fully saturated rings. The quantitative estimate of drug-likeness (QED) is 0.784. The van der Waals surface area contributed by atoms with Crippen molar-refractivity contribution in [2.75, 3.05) is 0 Å². The molecule has 2 aromatic rings. The first-order valence-corrected chi connectivity index (χ1v) is 8.57. The van der Waals surface area contributed by atoms with Gasteiger partial charge < -0.3 is 10.6 Å². The third-order valence-corrected chi connectivity index (χ3v) is 4.31. The standard InChI is InChI=1S/C20H24N2OS/c1-15(2)22(14-17-11-7-4-8-12-17)20(23)18(19(21)24)13-16-9-5-3-6-10-16/h3-12,15,18H,13-14H2,1-2H3,(H2,21,24). The van der Waals surface area contributed by atoms with Gasteiger partial charge in [0.2, 0.25) is 5.91 Å². The third kappa shape index (κ3) is 4.90. The van der Waals surface area contributed by atoms with Crippen LogP contribution in [0.1, 0.15) is 25.0 Å². The van der Waals surface area contributed by atoms with Crippen LogP contribution in [0.3, 0.4) is 0 Å². The van der Waals surface area contributed by atoms with Crippen molar-refractivity contribution in [2.24, 2.45) is 11.7 Å². The van der Waals surface area contributed by atoms with E-state index in [1.165, 1.54) is 0 Å². The van der Waals surface area contributed by atoms with E-state index in [1.807, 2.05) is 79.4 Å². The number of thiocarbonyl (C=S) groups is 1. The van der Waals surface area contributed by atoms with Gasteiger partial charge in [-0.3, -0.25) is 4.79 Å². The van der Waals surface area contributed by atoms with Gasteiger partial charge in [-0.15, -0.1) is 0 Å². The molecule has 4 heteroatoms. The van der Waals surface area contributed by atoms with Gasteiger partial charge in [0.15, 0.2) is 0 Å². The van der Waals surface area contributed by atoms with Crippen molar-refractivity contribution in [2.45, 2.75) is 32.9 Å². The number of benzene rings is 2. The number of nitrogens with two attached hydrogens (primary N) is 1. The lowest BCUT2D eigenvalue weighted by molar-refractivity contribution is -0.135. The fraction of sp³-hybridized carbons (Fsp3) is 0.300. The number of carbonyl (C=O) groups is 1. The van der Waals surface area contributed by atoms with Crippen molar-refractivity contribution >= 4 is 23.1 Å². The summed E-state index contributed by atoms with van der Waals surface area (Å²) in [5.41, 5.74) is 8.06. The molecule has 0 saturated heterocycles. The van der Waals surface area contributed by atoms with E-state index in [0.717, 1.165) is 11.1 Å². The van der Waals surface area contributed by atoms with Crippen molar-refractivity contribution < 1.29 is 4.79 Å². The van der Waals surface area contributed by atoms with Crippen molar-refractivity contribution in [3.05, 3.63) is 71.8 Å². The van der Waals surface area contributed by atoms with E-state index in [0.29, 0.717) is 13.0 Å². The van der Waals surface area contributed by atoms with Crippen LogP contribution in [0, 0.1) is 5.92 Å². The highest BCUT2D eigenvalue weighted by Crippen LogP contribution is 2.17. The average molecular weight is 340 g/mol. The Kier molecular flexibility index (Phi) is 6.50. The minimum atomic E-state index is -0.478. The summed E-state index contributed by atoms with van der Waals surface area (Å²) in [4.78, 5) is 15.2. The Morgan fingerprint density at radius 3 is 1.96 bits per heavy atom. The Morgan fingerprint density at radius 2 is 1.50 bits per heavy atom. The molecule has 0 aromatic heterocycles. The first-order valence-electron chi connectivity index (χ1n) is 8.16. The zero-order valence-electron chi connectivity index (χ0n) is 14.2. The molecule has 2 rings (SSSR count).